The third-order valence-corrected chi connectivity index (χ3v) is 2.31. The molecule has 1 unspecified atom stereocenters. The number of aliphatic carboxylic acids is 1. The summed E-state index contributed by atoms with van der Waals surface area (Å²) in [4.78, 5) is 22.3. The number of nitrogens with one attached hydrogen (secondary N) is 1. The lowest BCUT2D eigenvalue weighted by atomic mass is 10.0. The minimum absolute atomic E-state index is 0.0540. The van der Waals surface area contributed by atoms with Gasteiger partial charge < -0.3 is 10.4 Å². The van der Waals surface area contributed by atoms with Crippen LogP contribution >= 0.6 is 0 Å². The maximum atomic E-state index is 11.4. The smallest absolute Gasteiger partial charge is 0.308 e. The Morgan fingerprint density at radius 1 is 1.53 bits per heavy atom. The summed E-state index contributed by atoms with van der Waals surface area (Å²) < 4.78 is 1.38. The van der Waals surface area contributed by atoms with Crippen molar-refractivity contribution in [3.05, 3.63) is 12.4 Å². The Hall–Kier alpha value is -1.92. The quantitative estimate of drug-likeness (QED) is 0.693. The van der Waals surface area contributed by atoms with E-state index in [4.69, 9.17) is 5.11 Å². The molecular weight excluding hydrogens is 224 g/mol. The van der Waals surface area contributed by atoms with E-state index in [1.807, 2.05) is 6.92 Å². The zero-order chi connectivity index (χ0) is 12.7. The Balaban J connectivity index is 2.33. The van der Waals surface area contributed by atoms with Crippen molar-refractivity contribution in [2.24, 2.45) is 5.92 Å². The highest BCUT2D eigenvalue weighted by Gasteiger charge is 2.17. The van der Waals surface area contributed by atoms with Gasteiger partial charge in [-0.05, 0) is 6.42 Å². The van der Waals surface area contributed by atoms with Crippen LogP contribution in [0.2, 0.25) is 0 Å². The number of carboxylic acids is 1. The van der Waals surface area contributed by atoms with Crippen molar-refractivity contribution in [1.82, 2.24) is 20.3 Å². The van der Waals surface area contributed by atoms with Crippen molar-refractivity contribution in [2.45, 2.75) is 26.3 Å². The molecule has 1 rings (SSSR count). The van der Waals surface area contributed by atoms with E-state index in [0.29, 0.717) is 6.42 Å². The number of hydrogen-bond donors (Lipinski definition) is 2. The van der Waals surface area contributed by atoms with Crippen molar-refractivity contribution < 1.29 is 14.7 Å². The highest BCUT2D eigenvalue weighted by Crippen LogP contribution is 2.04. The Labute approximate surface area is 98.8 Å². The van der Waals surface area contributed by atoms with Gasteiger partial charge in [0.1, 0.15) is 6.54 Å². The first-order valence-corrected chi connectivity index (χ1v) is 5.47. The summed E-state index contributed by atoms with van der Waals surface area (Å²) in [5.41, 5.74) is 0. The summed E-state index contributed by atoms with van der Waals surface area (Å²) in [6.07, 6.45) is 4.37. The molecule has 94 valence electrons. The molecule has 7 nitrogen and oxygen atoms in total. The first-order chi connectivity index (χ1) is 8.13. The lowest BCUT2D eigenvalue weighted by Gasteiger charge is -2.12. The number of amides is 1. The number of nitrogens with zero attached hydrogens (tertiary/aromatic N) is 3. The van der Waals surface area contributed by atoms with Crippen LogP contribution in [0.1, 0.15) is 19.8 Å². The molecule has 1 heterocycles. The number of aromatic nitrogens is 3. The Morgan fingerprint density at radius 3 is 2.82 bits per heavy atom. The largest absolute Gasteiger partial charge is 0.481 e. The van der Waals surface area contributed by atoms with Crippen molar-refractivity contribution in [2.75, 3.05) is 6.54 Å². The predicted molar refractivity (Wildman–Crippen MR) is 59.1 cm³/mol. The Kier molecular flexibility index (Phi) is 5.12. The van der Waals surface area contributed by atoms with Gasteiger partial charge in [0.2, 0.25) is 5.91 Å². The summed E-state index contributed by atoms with van der Waals surface area (Å²) in [6, 6.07) is 0. The van der Waals surface area contributed by atoms with Gasteiger partial charge in [0.25, 0.3) is 0 Å². The first kappa shape index (κ1) is 13.1. The van der Waals surface area contributed by atoms with Crippen LogP contribution in [0.3, 0.4) is 0 Å². The molecule has 0 fully saturated rings. The lowest BCUT2D eigenvalue weighted by molar-refractivity contribution is -0.141. The molecule has 2 N–H and O–H groups in total. The molecule has 1 amide bonds. The maximum absolute atomic E-state index is 11.4. The van der Waals surface area contributed by atoms with Crippen LogP contribution in [0.25, 0.3) is 0 Å². The number of hydrogen-bond acceptors (Lipinski definition) is 4. The maximum Gasteiger partial charge on any atom is 0.308 e. The molecule has 0 aromatic carbocycles. The molecule has 0 saturated carbocycles. The van der Waals surface area contributed by atoms with E-state index >= 15 is 0 Å². The second kappa shape index (κ2) is 6.62. The third kappa shape index (κ3) is 4.62. The van der Waals surface area contributed by atoms with Gasteiger partial charge in [-0.3, -0.25) is 9.59 Å². The summed E-state index contributed by atoms with van der Waals surface area (Å²) in [6.45, 7) is 2.11. The molecule has 0 aliphatic rings. The lowest BCUT2D eigenvalue weighted by Crippen LogP contribution is -2.35. The van der Waals surface area contributed by atoms with E-state index < -0.39 is 11.9 Å². The molecule has 0 aliphatic carbocycles. The third-order valence-electron chi connectivity index (χ3n) is 2.31. The molecule has 0 radical (unpaired) electrons. The fourth-order valence-corrected chi connectivity index (χ4v) is 1.42. The van der Waals surface area contributed by atoms with Crippen LogP contribution in [-0.4, -0.2) is 38.5 Å². The van der Waals surface area contributed by atoms with E-state index in [1.54, 1.807) is 6.20 Å². The second-order valence-corrected chi connectivity index (χ2v) is 3.73. The fraction of sp³-hybridized carbons (Fsp3) is 0.600. The zero-order valence-corrected chi connectivity index (χ0v) is 9.67. The molecule has 1 atom stereocenters. The zero-order valence-electron chi connectivity index (χ0n) is 9.67. The van der Waals surface area contributed by atoms with E-state index in [9.17, 15) is 9.59 Å². The van der Waals surface area contributed by atoms with Crippen LogP contribution in [-0.2, 0) is 16.1 Å². The van der Waals surface area contributed by atoms with E-state index in [-0.39, 0.29) is 19.0 Å². The highest BCUT2D eigenvalue weighted by atomic mass is 16.4. The SMILES string of the molecule is CCCC(CNC(=O)Cn1ccnn1)C(=O)O. The van der Waals surface area contributed by atoms with E-state index in [1.165, 1.54) is 10.9 Å². The molecule has 0 spiro atoms. The van der Waals surface area contributed by atoms with Crippen molar-refractivity contribution in [1.29, 1.82) is 0 Å². The monoisotopic (exact) mass is 240 g/mol. The average Bonchev–Trinajstić information content (AvgIpc) is 2.76. The summed E-state index contributed by atoms with van der Waals surface area (Å²) >= 11 is 0. The number of rotatable bonds is 7. The van der Waals surface area contributed by atoms with Gasteiger partial charge >= 0.3 is 5.97 Å². The Morgan fingerprint density at radius 2 is 2.29 bits per heavy atom. The normalized spacial score (nSPS) is 12.1. The molecule has 17 heavy (non-hydrogen) atoms. The molecule has 0 aliphatic heterocycles. The van der Waals surface area contributed by atoms with Gasteiger partial charge in [0, 0.05) is 12.7 Å². The Bertz CT molecular complexity index is 364. The summed E-state index contributed by atoms with van der Waals surface area (Å²) in [5, 5.41) is 18.7. The van der Waals surface area contributed by atoms with Crippen molar-refractivity contribution in [3.8, 4) is 0 Å². The van der Waals surface area contributed by atoms with Gasteiger partial charge in [0.15, 0.2) is 0 Å². The van der Waals surface area contributed by atoms with Crippen molar-refractivity contribution >= 4 is 11.9 Å². The van der Waals surface area contributed by atoms with Crippen molar-refractivity contribution in [3.63, 3.8) is 0 Å². The first-order valence-electron chi connectivity index (χ1n) is 5.47. The molecule has 1 aromatic heterocycles. The number of carbonyl (C=O) groups excluding carboxylic acids is 1. The highest BCUT2D eigenvalue weighted by molar-refractivity contribution is 5.77. The summed E-state index contributed by atoms with van der Waals surface area (Å²) in [5.74, 6) is -1.68. The number of carboxylic acid groups (broad SMARTS) is 1. The average molecular weight is 240 g/mol. The van der Waals surface area contributed by atoms with Gasteiger partial charge in [-0.15, -0.1) is 5.10 Å². The molecular formula is C10H16N4O3. The standard InChI is InChI=1S/C10H16N4O3/c1-2-3-8(10(16)17)6-11-9(15)7-14-5-4-12-13-14/h4-5,8H,2-3,6-7H2,1H3,(H,11,15)(H,16,17). The minimum atomic E-state index is -0.882. The van der Waals surface area contributed by atoms with Crippen LogP contribution in [0.4, 0.5) is 0 Å². The van der Waals surface area contributed by atoms with E-state index in [0.717, 1.165) is 6.42 Å². The van der Waals surface area contributed by atoms with Crippen LogP contribution < -0.4 is 5.32 Å². The molecule has 0 bridgehead atoms. The van der Waals surface area contributed by atoms with Crippen LogP contribution in [0.15, 0.2) is 12.4 Å². The van der Waals surface area contributed by atoms with Gasteiger partial charge in [-0.2, -0.15) is 0 Å². The molecule has 0 saturated heterocycles. The van der Waals surface area contributed by atoms with Crippen LogP contribution in [0.5, 0.6) is 0 Å². The minimum Gasteiger partial charge on any atom is -0.481 e. The molecule has 7 heteroatoms. The summed E-state index contributed by atoms with van der Waals surface area (Å²) in [7, 11) is 0. The fourth-order valence-electron chi connectivity index (χ4n) is 1.42. The second-order valence-electron chi connectivity index (χ2n) is 3.73. The predicted octanol–water partition coefficient (Wildman–Crippen LogP) is -0.105. The van der Waals surface area contributed by atoms with Gasteiger partial charge in [-0.25, -0.2) is 4.68 Å². The number of carbonyl (C=O) groups is 2. The van der Waals surface area contributed by atoms with Gasteiger partial charge in [0.05, 0.1) is 12.1 Å². The topological polar surface area (TPSA) is 97.1 Å². The molecule has 1 aromatic rings. The van der Waals surface area contributed by atoms with Gasteiger partial charge in [-0.1, -0.05) is 18.6 Å². The van der Waals surface area contributed by atoms with Crippen LogP contribution in [0, 0.1) is 5.92 Å². The van der Waals surface area contributed by atoms with E-state index in [2.05, 4.69) is 15.6 Å².